The van der Waals surface area contributed by atoms with Crippen molar-refractivity contribution < 1.29 is 5.11 Å². The topological polar surface area (TPSA) is 20.2 Å². The van der Waals surface area contributed by atoms with Crippen molar-refractivity contribution in [3.8, 4) is 0 Å². The van der Waals surface area contributed by atoms with Crippen molar-refractivity contribution in [1.82, 2.24) is 0 Å². The van der Waals surface area contributed by atoms with Gasteiger partial charge in [-0.1, -0.05) is 29.3 Å². The number of rotatable bonds is 3. The molecule has 0 aliphatic carbocycles. The monoisotopic (exact) mass is 272 g/mol. The highest BCUT2D eigenvalue weighted by Crippen LogP contribution is 2.28. The molecule has 1 N–H and O–H groups in total. The first-order valence-electron chi connectivity index (χ1n) is 4.81. The predicted octanol–water partition coefficient (Wildman–Crippen LogP) is 4.33. The molecule has 16 heavy (non-hydrogen) atoms. The molecule has 2 rings (SSSR count). The Bertz CT molecular complexity index is 468. The lowest BCUT2D eigenvalue weighted by Crippen LogP contribution is -2.01. The van der Waals surface area contributed by atoms with E-state index >= 15 is 0 Å². The molecule has 0 bridgehead atoms. The lowest BCUT2D eigenvalue weighted by molar-refractivity contribution is 0.178. The molecule has 0 radical (unpaired) electrons. The van der Waals surface area contributed by atoms with Gasteiger partial charge in [-0.3, -0.25) is 0 Å². The third-order valence-corrected chi connectivity index (χ3v) is 3.63. The quantitative estimate of drug-likeness (QED) is 0.882. The van der Waals surface area contributed by atoms with E-state index in [-0.39, 0.29) is 0 Å². The van der Waals surface area contributed by atoms with Gasteiger partial charge in [-0.25, -0.2) is 0 Å². The van der Waals surface area contributed by atoms with Gasteiger partial charge in [-0.15, -0.1) is 0 Å². The van der Waals surface area contributed by atoms with Gasteiger partial charge in [0.25, 0.3) is 0 Å². The van der Waals surface area contributed by atoms with Crippen LogP contribution in [-0.2, 0) is 6.42 Å². The molecule has 0 saturated carbocycles. The fraction of sp³-hybridized carbons (Fsp3) is 0.167. The van der Waals surface area contributed by atoms with Crippen molar-refractivity contribution in [2.75, 3.05) is 0 Å². The third-order valence-electron chi connectivity index (χ3n) is 2.33. The minimum absolute atomic E-state index is 0.509. The van der Waals surface area contributed by atoms with E-state index in [0.29, 0.717) is 16.5 Å². The van der Waals surface area contributed by atoms with Gasteiger partial charge >= 0.3 is 0 Å². The van der Waals surface area contributed by atoms with Crippen molar-refractivity contribution in [1.29, 1.82) is 0 Å². The Morgan fingerprint density at radius 2 is 2.06 bits per heavy atom. The molecule has 0 saturated heterocycles. The minimum atomic E-state index is -0.584. The van der Waals surface area contributed by atoms with Crippen LogP contribution in [0.4, 0.5) is 0 Å². The summed E-state index contributed by atoms with van der Waals surface area (Å²) >= 11 is 13.4. The molecule has 4 heteroatoms. The number of halogens is 2. The molecule has 1 aromatic heterocycles. The number of aliphatic hydroxyl groups is 1. The zero-order valence-corrected chi connectivity index (χ0v) is 10.7. The number of thiophene rings is 1. The Balaban J connectivity index is 2.17. The summed E-state index contributed by atoms with van der Waals surface area (Å²) in [4.78, 5) is 0. The van der Waals surface area contributed by atoms with Crippen LogP contribution in [0.25, 0.3) is 0 Å². The Morgan fingerprint density at radius 1 is 1.25 bits per heavy atom. The summed E-state index contributed by atoms with van der Waals surface area (Å²) in [6.45, 7) is 0. The van der Waals surface area contributed by atoms with E-state index in [1.165, 1.54) is 0 Å². The zero-order chi connectivity index (χ0) is 11.5. The van der Waals surface area contributed by atoms with Crippen molar-refractivity contribution in [2.24, 2.45) is 0 Å². The molecule has 84 valence electrons. The Kier molecular flexibility index (Phi) is 3.87. The summed E-state index contributed by atoms with van der Waals surface area (Å²) in [5.74, 6) is 0. The minimum Gasteiger partial charge on any atom is -0.388 e. The molecule has 2 aromatic rings. The first-order chi connectivity index (χ1) is 7.66. The highest BCUT2D eigenvalue weighted by Gasteiger charge is 2.12. The SMILES string of the molecule is OC(Cc1ccsc1)c1ccc(Cl)cc1Cl. The largest absolute Gasteiger partial charge is 0.388 e. The second-order valence-electron chi connectivity index (χ2n) is 3.52. The lowest BCUT2D eigenvalue weighted by Gasteiger charge is -2.12. The standard InChI is InChI=1S/C12H10Cl2OS/c13-9-1-2-10(11(14)6-9)12(15)5-8-3-4-16-7-8/h1-4,6-7,12,15H,5H2. The molecule has 1 unspecified atom stereocenters. The van der Waals surface area contributed by atoms with Gasteiger partial charge in [0.2, 0.25) is 0 Å². The number of hydrogen-bond donors (Lipinski definition) is 1. The van der Waals surface area contributed by atoms with Crippen molar-refractivity contribution >= 4 is 34.5 Å². The van der Waals surface area contributed by atoms with Gasteiger partial charge in [0.05, 0.1) is 6.10 Å². The molecule has 0 amide bonds. The molecule has 1 heterocycles. The highest BCUT2D eigenvalue weighted by atomic mass is 35.5. The normalized spacial score (nSPS) is 12.7. The molecule has 1 atom stereocenters. The van der Waals surface area contributed by atoms with Crippen LogP contribution < -0.4 is 0 Å². The van der Waals surface area contributed by atoms with E-state index in [9.17, 15) is 5.11 Å². The van der Waals surface area contributed by atoms with Crippen LogP contribution in [0.15, 0.2) is 35.0 Å². The molecule has 0 fully saturated rings. The average Bonchev–Trinajstić information content (AvgIpc) is 2.70. The van der Waals surface area contributed by atoms with Crippen LogP contribution in [0.3, 0.4) is 0 Å². The van der Waals surface area contributed by atoms with E-state index in [2.05, 4.69) is 0 Å². The molecule has 1 aromatic carbocycles. The fourth-order valence-electron chi connectivity index (χ4n) is 1.51. The summed E-state index contributed by atoms with van der Waals surface area (Å²) in [5, 5.41) is 15.1. The van der Waals surface area contributed by atoms with E-state index in [1.54, 1.807) is 29.5 Å². The first kappa shape index (κ1) is 11.9. The van der Waals surface area contributed by atoms with Crippen LogP contribution in [0.1, 0.15) is 17.2 Å². The third kappa shape index (κ3) is 2.77. The van der Waals surface area contributed by atoms with Gasteiger partial charge in [0.15, 0.2) is 0 Å². The second kappa shape index (κ2) is 5.19. The number of aliphatic hydroxyl groups excluding tert-OH is 1. The molecular weight excluding hydrogens is 263 g/mol. The van der Waals surface area contributed by atoms with Gasteiger partial charge in [-0.2, -0.15) is 11.3 Å². The number of hydrogen-bond acceptors (Lipinski definition) is 2. The smallest absolute Gasteiger partial charge is 0.0845 e. The van der Waals surface area contributed by atoms with Gasteiger partial charge in [0.1, 0.15) is 0 Å². The van der Waals surface area contributed by atoms with Gasteiger partial charge in [0, 0.05) is 16.5 Å². The summed E-state index contributed by atoms with van der Waals surface area (Å²) in [5.41, 5.74) is 1.83. The van der Waals surface area contributed by atoms with Crippen molar-refractivity contribution in [3.63, 3.8) is 0 Å². The fourth-order valence-corrected chi connectivity index (χ4v) is 2.73. The van der Waals surface area contributed by atoms with Crippen LogP contribution in [0.5, 0.6) is 0 Å². The maximum absolute atomic E-state index is 10.0. The molecule has 0 aliphatic rings. The molecule has 0 spiro atoms. The summed E-state index contributed by atoms with van der Waals surface area (Å²) in [6, 6.07) is 7.15. The highest BCUT2D eigenvalue weighted by molar-refractivity contribution is 7.07. The zero-order valence-electron chi connectivity index (χ0n) is 8.36. The second-order valence-corrected chi connectivity index (χ2v) is 5.14. The summed E-state index contributed by atoms with van der Waals surface area (Å²) < 4.78 is 0. The van der Waals surface area contributed by atoms with Crippen molar-refractivity contribution in [3.05, 3.63) is 56.2 Å². The van der Waals surface area contributed by atoms with E-state index in [0.717, 1.165) is 11.1 Å². The van der Waals surface area contributed by atoms with E-state index in [1.807, 2.05) is 16.8 Å². The Labute approximate surface area is 108 Å². The first-order valence-corrected chi connectivity index (χ1v) is 6.51. The van der Waals surface area contributed by atoms with Crippen LogP contribution >= 0.6 is 34.5 Å². The Morgan fingerprint density at radius 3 is 2.69 bits per heavy atom. The molecule has 0 aliphatic heterocycles. The van der Waals surface area contributed by atoms with E-state index < -0.39 is 6.10 Å². The Hall–Kier alpha value is -0.540. The lowest BCUT2D eigenvalue weighted by atomic mass is 10.0. The molecule has 1 nitrogen and oxygen atoms in total. The maximum atomic E-state index is 10.0. The van der Waals surface area contributed by atoms with Gasteiger partial charge in [-0.05, 0) is 40.1 Å². The van der Waals surface area contributed by atoms with Crippen molar-refractivity contribution in [2.45, 2.75) is 12.5 Å². The van der Waals surface area contributed by atoms with Crippen LogP contribution in [0.2, 0.25) is 10.0 Å². The van der Waals surface area contributed by atoms with Gasteiger partial charge < -0.3 is 5.11 Å². The predicted molar refractivity (Wildman–Crippen MR) is 69.4 cm³/mol. The van der Waals surface area contributed by atoms with Crippen LogP contribution in [0, 0.1) is 0 Å². The summed E-state index contributed by atoms with van der Waals surface area (Å²) in [7, 11) is 0. The maximum Gasteiger partial charge on any atom is 0.0845 e. The number of benzene rings is 1. The molecular formula is C12H10Cl2OS. The van der Waals surface area contributed by atoms with E-state index in [4.69, 9.17) is 23.2 Å². The average molecular weight is 273 g/mol. The summed E-state index contributed by atoms with van der Waals surface area (Å²) in [6.07, 6.45) is -0.00966. The van der Waals surface area contributed by atoms with Crippen LogP contribution in [-0.4, -0.2) is 5.11 Å².